The number of carbonyl (C=O) groups is 1. The lowest BCUT2D eigenvalue weighted by atomic mass is 9.79. The van der Waals surface area contributed by atoms with E-state index in [9.17, 15) is 4.79 Å². The molecule has 0 saturated carbocycles. The number of nitrogens with zero attached hydrogens (tertiary/aromatic N) is 3. The van der Waals surface area contributed by atoms with Crippen LogP contribution in [-0.2, 0) is 0 Å². The zero-order chi connectivity index (χ0) is 17.4. The van der Waals surface area contributed by atoms with Gasteiger partial charge in [-0.15, -0.1) is 0 Å². The van der Waals surface area contributed by atoms with E-state index in [1.54, 1.807) is 11.0 Å². The molecule has 1 aromatic heterocycles. The molecule has 24 heavy (non-hydrogen) atoms. The average Bonchev–Trinajstić information content (AvgIpc) is 2.98. The monoisotopic (exact) mass is 327 g/mol. The van der Waals surface area contributed by atoms with Gasteiger partial charge >= 0.3 is 0 Å². The van der Waals surface area contributed by atoms with E-state index < -0.39 is 0 Å². The molecule has 3 rings (SSSR count). The Kier molecular flexibility index (Phi) is 4.17. The fourth-order valence-corrected chi connectivity index (χ4v) is 3.80. The number of rotatable bonds is 3. The molecule has 0 unspecified atom stereocenters. The van der Waals surface area contributed by atoms with Crippen molar-refractivity contribution < 1.29 is 4.79 Å². The maximum absolute atomic E-state index is 12.6. The Morgan fingerprint density at radius 3 is 2.33 bits per heavy atom. The third kappa shape index (κ3) is 3.82. The first-order valence-corrected chi connectivity index (χ1v) is 8.29. The van der Waals surface area contributed by atoms with Crippen LogP contribution in [-0.4, -0.2) is 37.8 Å². The Morgan fingerprint density at radius 2 is 1.79 bits per heavy atom. The summed E-state index contributed by atoms with van der Waals surface area (Å²) in [5, 5.41) is 10.9. The minimum absolute atomic E-state index is 0.0106. The van der Waals surface area contributed by atoms with Crippen molar-refractivity contribution in [3.63, 3.8) is 0 Å². The fraction of sp³-hybridized carbons (Fsp3) is 0.500. The Labute approximate surface area is 142 Å². The van der Waals surface area contributed by atoms with Crippen LogP contribution in [0.3, 0.4) is 0 Å². The molecule has 1 aliphatic rings. The van der Waals surface area contributed by atoms with Gasteiger partial charge in [0.25, 0.3) is 5.91 Å². The first kappa shape index (κ1) is 16.6. The molecule has 2 heterocycles. The minimum atomic E-state index is -0.0290. The molecule has 1 aliphatic heterocycles. The summed E-state index contributed by atoms with van der Waals surface area (Å²) in [4.78, 5) is 16.5. The van der Waals surface area contributed by atoms with Crippen LogP contribution in [0.25, 0.3) is 5.69 Å². The molecule has 6 nitrogen and oxygen atoms in total. The number of amides is 1. The van der Waals surface area contributed by atoms with Crippen molar-refractivity contribution in [2.75, 3.05) is 0 Å². The van der Waals surface area contributed by atoms with Crippen LogP contribution in [0.1, 0.15) is 50.9 Å². The number of benzene rings is 1. The Morgan fingerprint density at radius 1 is 1.17 bits per heavy atom. The number of hydrogen-bond acceptors (Lipinski definition) is 4. The first-order valence-electron chi connectivity index (χ1n) is 8.29. The first-order chi connectivity index (χ1) is 11.2. The van der Waals surface area contributed by atoms with Crippen LogP contribution < -0.4 is 10.6 Å². The molecule has 0 atom stereocenters. The zero-order valence-electron chi connectivity index (χ0n) is 14.7. The van der Waals surface area contributed by atoms with Crippen molar-refractivity contribution in [2.45, 2.75) is 57.7 Å². The van der Waals surface area contributed by atoms with Gasteiger partial charge in [-0.1, -0.05) is 0 Å². The highest BCUT2D eigenvalue weighted by atomic mass is 16.1. The Hall–Kier alpha value is -2.21. The standard InChI is InChI=1S/C18H25N5O/c1-17(2)9-14(10-18(3,4)22-17)21-16(24)13-5-7-15(8-6-13)23-12-19-11-20-23/h5-8,11-12,14,22H,9-10H2,1-4H3,(H,21,24). The van der Waals surface area contributed by atoms with E-state index in [0.29, 0.717) is 5.56 Å². The second-order valence-corrected chi connectivity index (χ2v) is 7.86. The normalized spacial score (nSPS) is 19.8. The summed E-state index contributed by atoms with van der Waals surface area (Å²) in [6.07, 6.45) is 4.95. The number of hydrogen-bond donors (Lipinski definition) is 2. The number of aromatic nitrogens is 3. The van der Waals surface area contributed by atoms with E-state index in [2.05, 4.69) is 48.4 Å². The summed E-state index contributed by atoms with van der Waals surface area (Å²) in [7, 11) is 0. The van der Waals surface area contributed by atoms with Gasteiger partial charge in [-0.05, 0) is 64.8 Å². The van der Waals surface area contributed by atoms with Crippen molar-refractivity contribution >= 4 is 5.91 Å². The predicted octanol–water partition coefficient (Wildman–Crippen LogP) is 2.31. The molecule has 1 fully saturated rings. The predicted molar refractivity (Wildman–Crippen MR) is 93.1 cm³/mol. The van der Waals surface area contributed by atoms with Gasteiger partial charge in [0.2, 0.25) is 0 Å². The highest BCUT2D eigenvalue weighted by Gasteiger charge is 2.38. The van der Waals surface area contributed by atoms with Crippen molar-refractivity contribution in [1.29, 1.82) is 0 Å². The van der Waals surface area contributed by atoms with Gasteiger partial charge in [0, 0.05) is 22.7 Å². The van der Waals surface area contributed by atoms with Gasteiger partial charge in [0.15, 0.2) is 0 Å². The van der Waals surface area contributed by atoms with Crippen LogP contribution in [0.15, 0.2) is 36.9 Å². The molecular formula is C18H25N5O. The fourth-order valence-electron chi connectivity index (χ4n) is 3.80. The third-order valence-corrected chi connectivity index (χ3v) is 4.34. The summed E-state index contributed by atoms with van der Waals surface area (Å²) >= 11 is 0. The topological polar surface area (TPSA) is 71.8 Å². The van der Waals surface area contributed by atoms with Gasteiger partial charge in [0.1, 0.15) is 12.7 Å². The highest BCUT2D eigenvalue weighted by molar-refractivity contribution is 5.94. The molecule has 2 aromatic rings. The average molecular weight is 327 g/mol. The molecule has 1 amide bonds. The molecule has 1 saturated heterocycles. The minimum Gasteiger partial charge on any atom is -0.349 e. The van der Waals surface area contributed by atoms with Gasteiger partial charge in [-0.3, -0.25) is 4.79 Å². The lowest BCUT2D eigenvalue weighted by molar-refractivity contribution is 0.0873. The van der Waals surface area contributed by atoms with Crippen LogP contribution in [0.4, 0.5) is 0 Å². The maximum atomic E-state index is 12.6. The summed E-state index contributed by atoms with van der Waals surface area (Å²) in [6.45, 7) is 8.72. The summed E-state index contributed by atoms with van der Waals surface area (Å²) in [5.41, 5.74) is 1.56. The largest absolute Gasteiger partial charge is 0.349 e. The van der Waals surface area contributed by atoms with Crippen LogP contribution in [0.5, 0.6) is 0 Å². The lowest BCUT2D eigenvalue weighted by Crippen LogP contribution is -2.62. The van der Waals surface area contributed by atoms with Crippen LogP contribution in [0.2, 0.25) is 0 Å². The summed E-state index contributed by atoms with van der Waals surface area (Å²) < 4.78 is 1.67. The van der Waals surface area contributed by atoms with Gasteiger partial charge in [0.05, 0.1) is 5.69 Å². The summed E-state index contributed by atoms with van der Waals surface area (Å²) in [5.74, 6) is -0.0290. The third-order valence-electron chi connectivity index (χ3n) is 4.34. The lowest BCUT2D eigenvalue weighted by Gasteiger charge is -2.46. The molecule has 0 radical (unpaired) electrons. The Bertz CT molecular complexity index is 688. The molecule has 0 aliphatic carbocycles. The van der Waals surface area contributed by atoms with E-state index in [0.717, 1.165) is 18.5 Å². The van der Waals surface area contributed by atoms with Gasteiger partial charge in [-0.25, -0.2) is 9.67 Å². The zero-order valence-corrected chi connectivity index (χ0v) is 14.7. The molecule has 1 aromatic carbocycles. The van der Waals surface area contributed by atoms with E-state index in [1.165, 1.54) is 6.33 Å². The van der Waals surface area contributed by atoms with Gasteiger partial charge < -0.3 is 10.6 Å². The second-order valence-electron chi connectivity index (χ2n) is 7.86. The maximum Gasteiger partial charge on any atom is 0.251 e. The molecule has 0 spiro atoms. The van der Waals surface area contributed by atoms with Gasteiger partial charge in [-0.2, -0.15) is 5.10 Å². The molecule has 128 valence electrons. The van der Waals surface area contributed by atoms with E-state index in [-0.39, 0.29) is 23.0 Å². The van der Waals surface area contributed by atoms with E-state index in [4.69, 9.17) is 0 Å². The molecule has 0 bridgehead atoms. The van der Waals surface area contributed by atoms with Crippen molar-refractivity contribution in [1.82, 2.24) is 25.4 Å². The SMILES string of the molecule is CC1(C)CC(NC(=O)c2ccc(-n3cncn3)cc2)CC(C)(C)N1. The van der Waals surface area contributed by atoms with Crippen LogP contribution >= 0.6 is 0 Å². The van der Waals surface area contributed by atoms with Crippen LogP contribution in [0, 0.1) is 0 Å². The quantitative estimate of drug-likeness (QED) is 0.907. The van der Waals surface area contributed by atoms with Crippen molar-refractivity contribution in [3.8, 4) is 5.69 Å². The van der Waals surface area contributed by atoms with E-state index >= 15 is 0 Å². The Balaban J connectivity index is 1.68. The summed E-state index contributed by atoms with van der Waals surface area (Å²) in [6, 6.07) is 7.56. The highest BCUT2D eigenvalue weighted by Crippen LogP contribution is 2.28. The number of carbonyl (C=O) groups excluding carboxylic acids is 1. The van der Waals surface area contributed by atoms with E-state index in [1.807, 2.05) is 24.3 Å². The smallest absolute Gasteiger partial charge is 0.251 e. The molecular weight excluding hydrogens is 302 g/mol. The second kappa shape index (κ2) is 6.02. The number of piperidine rings is 1. The molecule has 2 N–H and O–H groups in total. The molecule has 6 heteroatoms. The van der Waals surface area contributed by atoms with Crippen molar-refractivity contribution in [3.05, 3.63) is 42.5 Å². The number of nitrogens with one attached hydrogen (secondary N) is 2. The van der Waals surface area contributed by atoms with Crippen molar-refractivity contribution in [2.24, 2.45) is 0 Å².